The molecule has 3 rings (SSSR count). The number of amides is 1. The molecular formula is C22H23F3N4O3S. The molecule has 1 saturated heterocycles. The van der Waals surface area contributed by atoms with Gasteiger partial charge in [0.05, 0.1) is 22.6 Å². The van der Waals surface area contributed by atoms with Gasteiger partial charge >= 0.3 is 6.18 Å². The average Bonchev–Trinajstić information content (AvgIpc) is 2.78. The summed E-state index contributed by atoms with van der Waals surface area (Å²) in [5.74, 6) is -0.195. The summed E-state index contributed by atoms with van der Waals surface area (Å²) >= 11 is 0. The lowest BCUT2D eigenvalue weighted by atomic mass is 10.1. The Balaban J connectivity index is 1.54. The van der Waals surface area contributed by atoms with Crippen LogP contribution in [0.5, 0.6) is 0 Å². The van der Waals surface area contributed by atoms with E-state index in [2.05, 4.69) is 0 Å². The lowest BCUT2D eigenvalue weighted by Gasteiger charge is -2.35. The highest BCUT2D eigenvalue weighted by Crippen LogP contribution is 2.29. The van der Waals surface area contributed by atoms with Crippen molar-refractivity contribution in [3.8, 4) is 6.07 Å². The number of benzene rings is 2. The number of sulfonamides is 1. The maximum Gasteiger partial charge on any atom is 0.416 e. The van der Waals surface area contributed by atoms with Crippen LogP contribution in [0.25, 0.3) is 0 Å². The van der Waals surface area contributed by atoms with Crippen LogP contribution < -0.4 is 0 Å². The van der Waals surface area contributed by atoms with Gasteiger partial charge in [0.2, 0.25) is 15.9 Å². The van der Waals surface area contributed by atoms with E-state index in [1.54, 1.807) is 29.0 Å². The Labute approximate surface area is 190 Å². The van der Waals surface area contributed by atoms with E-state index in [0.717, 1.165) is 12.1 Å². The van der Waals surface area contributed by atoms with Gasteiger partial charge in [0.1, 0.15) is 6.07 Å². The van der Waals surface area contributed by atoms with E-state index in [9.17, 15) is 31.6 Å². The Morgan fingerprint density at radius 3 is 2.24 bits per heavy atom. The summed E-state index contributed by atoms with van der Waals surface area (Å²) in [5.41, 5.74) is -0.0125. The van der Waals surface area contributed by atoms with E-state index in [-0.39, 0.29) is 49.1 Å². The SMILES string of the molecule is CN(CC(=O)N1CCN(S(=O)(=O)c2ccccc2C#N)CC1)Cc1ccc(C(F)(F)F)cc1. The largest absolute Gasteiger partial charge is 0.416 e. The minimum atomic E-state index is -4.40. The molecule has 2 aromatic carbocycles. The molecule has 11 heteroatoms. The molecule has 1 aliphatic rings. The number of halogens is 3. The van der Waals surface area contributed by atoms with Gasteiger partial charge in [-0.1, -0.05) is 24.3 Å². The molecule has 0 unspecified atom stereocenters. The van der Waals surface area contributed by atoms with Crippen molar-refractivity contribution >= 4 is 15.9 Å². The third-order valence-electron chi connectivity index (χ3n) is 5.36. The van der Waals surface area contributed by atoms with Crippen molar-refractivity contribution in [2.45, 2.75) is 17.6 Å². The van der Waals surface area contributed by atoms with E-state index in [1.807, 2.05) is 6.07 Å². The zero-order chi connectivity index (χ0) is 24.2. The second-order valence-electron chi connectivity index (χ2n) is 7.76. The maximum absolute atomic E-state index is 12.9. The molecular weight excluding hydrogens is 457 g/mol. The van der Waals surface area contributed by atoms with Crippen molar-refractivity contribution in [3.63, 3.8) is 0 Å². The Kier molecular flexibility index (Phi) is 7.41. The number of carbonyl (C=O) groups excluding carboxylic acids is 1. The molecule has 1 aliphatic heterocycles. The molecule has 0 radical (unpaired) electrons. The fourth-order valence-corrected chi connectivity index (χ4v) is 5.16. The average molecular weight is 481 g/mol. The summed E-state index contributed by atoms with van der Waals surface area (Å²) in [6.45, 7) is 0.975. The molecule has 33 heavy (non-hydrogen) atoms. The van der Waals surface area contributed by atoms with Crippen molar-refractivity contribution in [1.82, 2.24) is 14.1 Å². The van der Waals surface area contributed by atoms with Gasteiger partial charge in [-0.3, -0.25) is 9.69 Å². The summed E-state index contributed by atoms with van der Waals surface area (Å²) in [7, 11) is -2.16. The van der Waals surface area contributed by atoms with Crippen LogP contribution in [0.1, 0.15) is 16.7 Å². The van der Waals surface area contributed by atoms with Crippen LogP contribution in [0.15, 0.2) is 53.4 Å². The summed E-state index contributed by atoms with van der Waals surface area (Å²) in [6.07, 6.45) is -4.40. The van der Waals surface area contributed by atoms with E-state index in [1.165, 1.54) is 28.6 Å². The molecule has 0 saturated carbocycles. The minimum Gasteiger partial charge on any atom is -0.339 e. The van der Waals surface area contributed by atoms with Gasteiger partial charge in [-0.15, -0.1) is 0 Å². The number of hydrogen-bond donors (Lipinski definition) is 0. The van der Waals surface area contributed by atoms with Crippen molar-refractivity contribution in [3.05, 3.63) is 65.2 Å². The van der Waals surface area contributed by atoms with Crippen LogP contribution in [0.4, 0.5) is 13.2 Å². The standard InChI is InChI=1S/C22H23F3N4O3S/c1-27(15-17-6-8-19(9-7-17)22(23,24)25)16-21(30)28-10-12-29(13-11-28)33(31,32)20-5-3-2-4-18(20)14-26/h2-9H,10-13,15-16H2,1H3. The smallest absolute Gasteiger partial charge is 0.339 e. The van der Waals surface area contributed by atoms with E-state index >= 15 is 0 Å². The van der Waals surface area contributed by atoms with Gasteiger partial charge in [0, 0.05) is 32.7 Å². The minimum absolute atomic E-state index is 0.0467. The van der Waals surface area contributed by atoms with Crippen molar-refractivity contribution in [1.29, 1.82) is 5.26 Å². The number of likely N-dealkylation sites (N-methyl/N-ethyl adjacent to an activating group) is 1. The van der Waals surface area contributed by atoms with Crippen molar-refractivity contribution in [2.24, 2.45) is 0 Å². The van der Waals surface area contributed by atoms with Crippen LogP contribution in [-0.4, -0.2) is 68.2 Å². The molecule has 0 aliphatic carbocycles. The Morgan fingerprint density at radius 1 is 1.06 bits per heavy atom. The van der Waals surface area contributed by atoms with Crippen LogP contribution in [0.3, 0.4) is 0 Å². The molecule has 0 atom stereocenters. The van der Waals surface area contributed by atoms with Crippen LogP contribution in [0.2, 0.25) is 0 Å². The summed E-state index contributed by atoms with van der Waals surface area (Å²) in [6, 6.07) is 12.7. The van der Waals surface area contributed by atoms with Gasteiger partial charge in [-0.05, 0) is 36.9 Å². The fraction of sp³-hybridized carbons (Fsp3) is 0.364. The zero-order valence-electron chi connectivity index (χ0n) is 17.9. The number of alkyl halides is 3. The van der Waals surface area contributed by atoms with Gasteiger partial charge in [-0.2, -0.15) is 22.7 Å². The Bertz CT molecular complexity index is 1140. The monoisotopic (exact) mass is 480 g/mol. The van der Waals surface area contributed by atoms with Crippen LogP contribution in [-0.2, 0) is 27.5 Å². The number of rotatable bonds is 6. The first-order valence-corrected chi connectivity index (χ1v) is 11.6. The van der Waals surface area contributed by atoms with E-state index in [4.69, 9.17) is 0 Å². The molecule has 7 nitrogen and oxygen atoms in total. The van der Waals surface area contributed by atoms with Crippen LogP contribution in [0, 0.1) is 11.3 Å². The second kappa shape index (κ2) is 9.91. The predicted molar refractivity (Wildman–Crippen MR) is 114 cm³/mol. The molecule has 1 fully saturated rings. The van der Waals surface area contributed by atoms with E-state index < -0.39 is 21.8 Å². The number of carbonyl (C=O) groups is 1. The van der Waals surface area contributed by atoms with Gasteiger partial charge < -0.3 is 4.90 Å². The van der Waals surface area contributed by atoms with Gasteiger partial charge in [0.15, 0.2) is 0 Å². The number of nitriles is 1. The maximum atomic E-state index is 12.9. The molecule has 1 heterocycles. The third kappa shape index (κ3) is 5.90. The number of hydrogen-bond acceptors (Lipinski definition) is 5. The van der Waals surface area contributed by atoms with E-state index in [0.29, 0.717) is 12.1 Å². The highest BCUT2D eigenvalue weighted by Gasteiger charge is 2.32. The first-order chi connectivity index (χ1) is 15.5. The lowest BCUT2D eigenvalue weighted by molar-refractivity contribution is -0.137. The van der Waals surface area contributed by atoms with Gasteiger partial charge in [-0.25, -0.2) is 8.42 Å². The summed E-state index contributed by atoms with van der Waals surface area (Å²) in [4.78, 5) is 15.8. The summed E-state index contributed by atoms with van der Waals surface area (Å²) < 4.78 is 65.1. The highest BCUT2D eigenvalue weighted by atomic mass is 32.2. The second-order valence-corrected chi connectivity index (χ2v) is 9.67. The number of piperazine rings is 1. The lowest BCUT2D eigenvalue weighted by Crippen LogP contribution is -2.52. The normalized spacial score (nSPS) is 15.5. The molecule has 0 aromatic heterocycles. The third-order valence-corrected chi connectivity index (χ3v) is 7.31. The van der Waals surface area contributed by atoms with Crippen molar-refractivity contribution in [2.75, 3.05) is 39.8 Å². The zero-order valence-corrected chi connectivity index (χ0v) is 18.7. The Hall–Kier alpha value is -2.94. The first kappa shape index (κ1) is 24.7. The molecule has 0 bridgehead atoms. The molecule has 0 spiro atoms. The highest BCUT2D eigenvalue weighted by molar-refractivity contribution is 7.89. The topological polar surface area (TPSA) is 84.7 Å². The molecule has 176 valence electrons. The molecule has 0 N–H and O–H groups in total. The number of nitrogens with zero attached hydrogens (tertiary/aromatic N) is 4. The summed E-state index contributed by atoms with van der Waals surface area (Å²) in [5, 5.41) is 9.19. The first-order valence-electron chi connectivity index (χ1n) is 10.1. The van der Waals surface area contributed by atoms with Crippen molar-refractivity contribution < 1.29 is 26.4 Å². The fourth-order valence-electron chi connectivity index (χ4n) is 3.60. The molecule has 1 amide bonds. The predicted octanol–water partition coefficient (Wildman–Crippen LogP) is 2.54. The Morgan fingerprint density at radius 2 is 1.67 bits per heavy atom. The molecule has 2 aromatic rings. The quantitative estimate of drug-likeness (QED) is 0.635. The van der Waals surface area contributed by atoms with Gasteiger partial charge in [0.25, 0.3) is 0 Å². The van der Waals surface area contributed by atoms with Crippen LogP contribution >= 0.6 is 0 Å².